The van der Waals surface area contributed by atoms with Crippen LogP contribution in [0.25, 0.3) is 0 Å². The SMILES string of the molecule is CC(=O)CCCCCC/C=C\CCCC(=O)O. The van der Waals surface area contributed by atoms with Crippen molar-refractivity contribution in [1.82, 2.24) is 0 Å². The van der Waals surface area contributed by atoms with Crippen LogP contribution in [-0.2, 0) is 9.59 Å². The summed E-state index contributed by atoms with van der Waals surface area (Å²) in [6.45, 7) is 1.64. The lowest BCUT2D eigenvalue weighted by Crippen LogP contribution is -1.92. The van der Waals surface area contributed by atoms with Crippen molar-refractivity contribution in [2.24, 2.45) is 0 Å². The van der Waals surface area contributed by atoms with Gasteiger partial charge in [-0.3, -0.25) is 4.79 Å². The Hall–Kier alpha value is -1.12. The number of hydrogen-bond acceptors (Lipinski definition) is 2. The zero-order valence-electron chi connectivity index (χ0n) is 10.8. The maximum Gasteiger partial charge on any atom is 0.303 e. The number of aliphatic carboxylic acids is 1. The zero-order chi connectivity index (χ0) is 12.9. The molecule has 0 aliphatic rings. The van der Waals surface area contributed by atoms with Crippen LogP contribution in [0.4, 0.5) is 0 Å². The summed E-state index contributed by atoms with van der Waals surface area (Å²) < 4.78 is 0. The standard InChI is InChI=1S/C14H24O3/c1-13(15)11-9-7-5-3-2-4-6-8-10-12-14(16)17/h4,6H,2-3,5,7-12H2,1H3,(H,16,17)/b6-4-. The molecule has 0 saturated carbocycles. The molecule has 0 saturated heterocycles. The van der Waals surface area contributed by atoms with Crippen LogP contribution < -0.4 is 0 Å². The minimum absolute atomic E-state index is 0.259. The summed E-state index contributed by atoms with van der Waals surface area (Å²) in [6, 6.07) is 0. The molecular weight excluding hydrogens is 216 g/mol. The molecule has 0 fully saturated rings. The molecule has 0 aromatic carbocycles. The van der Waals surface area contributed by atoms with Gasteiger partial charge in [0.05, 0.1) is 0 Å². The van der Waals surface area contributed by atoms with Crippen LogP contribution in [0.3, 0.4) is 0 Å². The Morgan fingerprint density at radius 2 is 1.47 bits per heavy atom. The Labute approximate surface area is 104 Å². The minimum atomic E-state index is -0.719. The third-order valence-electron chi connectivity index (χ3n) is 2.58. The van der Waals surface area contributed by atoms with Crippen LogP contribution in [0.5, 0.6) is 0 Å². The molecule has 0 aliphatic carbocycles. The van der Waals surface area contributed by atoms with Gasteiger partial charge in [-0.05, 0) is 39.0 Å². The van der Waals surface area contributed by atoms with E-state index in [9.17, 15) is 9.59 Å². The van der Waals surface area contributed by atoms with Gasteiger partial charge in [0.1, 0.15) is 5.78 Å². The van der Waals surface area contributed by atoms with Gasteiger partial charge in [0.25, 0.3) is 0 Å². The van der Waals surface area contributed by atoms with Crippen LogP contribution in [0.1, 0.15) is 64.7 Å². The van der Waals surface area contributed by atoms with Crippen molar-refractivity contribution in [2.45, 2.75) is 64.7 Å². The summed E-state index contributed by atoms with van der Waals surface area (Å²) in [7, 11) is 0. The van der Waals surface area contributed by atoms with Crippen molar-refractivity contribution >= 4 is 11.8 Å². The van der Waals surface area contributed by atoms with E-state index >= 15 is 0 Å². The monoisotopic (exact) mass is 240 g/mol. The Kier molecular flexibility index (Phi) is 10.6. The van der Waals surface area contributed by atoms with E-state index in [4.69, 9.17) is 5.11 Å². The van der Waals surface area contributed by atoms with Gasteiger partial charge in [-0.25, -0.2) is 0 Å². The molecule has 0 aliphatic heterocycles. The van der Waals surface area contributed by atoms with Gasteiger partial charge in [-0.1, -0.05) is 25.0 Å². The number of rotatable bonds is 11. The maximum atomic E-state index is 10.7. The molecule has 0 aromatic rings. The van der Waals surface area contributed by atoms with Crippen LogP contribution in [-0.4, -0.2) is 16.9 Å². The second kappa shape index (κ2) is 11.4. The topological polar surface area (TPSA) is 54.4 Å². The third-order valence-corrected chi connectivity index (χ3v) is 2.58. The van der Waals surface area contributed by atoms with Crippen LogP contribution in [0.2, 0.25) is 0 Å². The maximum absolute atomic E-state index is 10.7. The molecule has 0 heterocycles. The van der Waals surface area contributed by atoms with Crippen molar-refractivity contribution in [3.63, 3.8) is 0 Å². The van der Waals surface area contributed by atoms with E-state index in [2.05, 4.69) is 12.2 Å². The Morgan fingerprint density at radius 3 is 2.06 bits per heavy atom. The van der Waals surface area contributed by atoms with Gasteiger partial charge in [-0.15, -0.1) is 0 Å². The molecule has 3 nitrogen and oxygen atoms in total. The molecule has 17 heavy (non-hydrogen) atoms. The number of hydrogen-bond donors (Lipinski definition) is 1. The predicted octanol–water partition coefficient (Wildman–Crippen LogP) is 3.73. The fourth-order valence-electron chi connectivity index (χ4n) is 1.60. The van der Waals surface area contributed by atoms with Gasteiger partial charge in [0.15, 0.2) is 0 Å². The molecule has 0 rings (SSSR count). The van der Waals surface area contributed by atoms with Crippen LogP contribution in [0, 0.1) is 0 Å². The van der Waals surface area contributed by atoms with E-state index in [1.807, 2.05) is 0 Å². The lowest BCUT2D eigenvalue weighted by atomic mass is 10.1. The summed E-state index contributed by atoms with van der Waals surface area (Å²) in [5.41, 5.74) is 0. The first-order valence-electron chi connectivity index (χ1n) is 6.49. The van der Waals surface area contributed by atoms with Crippen LogP contribution in [0.15, 0.2) is 12.2 Å². The number of carboxylic acid groups (broad SMARTS) is 1. The molecular formula is C14H24O3. The lowest BCUT2D eigenvalue weighted by Gasteiger charge is -1.97. The van der Waals surface area contributed by atoms with E-state index in [1.54, 1.807) is 6.92 Å². The highest BCUT2D eigenvalue weighted by molar-refractivity contribution is 5.75. The van der Waals surface area contributed by atoms with Crippen molar-refractivity contribution in [3.8, 4) is 0 Å². The average molecular weight is 240 g/mol. The Balaban J connectivity index is 3.14. The molecule has 3 heteroatoms. The van der Waals surface area contributed by atoms with Crippen molar-refractivity contribution in [3.05, 3.63) is 12.2 Å². The van der Waals surface area contributed by atoms with E-state index in [0.29, 0.717) is 6.42 Å². The Morgan fingerprint density at radius 1 is 0.882 bits per heavy atom. The molecule has 0 amide bonds. The first-order valence-corrected chi connectivity index (χ1v) is 6.49. The first kappa shape index (κ1) is 15.9. The molecule has 0 spiro atoms. The van der Waals surface area contributed by atoms with Crippen molar-refractivity contribution < 1.29 is 14.7 Å². The minimum Gasteiger partial charge on any atom is -0.481 e. The van der Waals surface area contributed by atoms with E-state index in [1.165, 1.54) is 6.42 Å². The number of carbonyl (C=O) groups is 2. The fraction of sp³-hybridized carbons (Fsp3) is 0.714. The highest BCUT2D eigenvalue weighted by atomic mass is 16.4. The third kappa shape index (κ3) is 14.9. The number of unbranched alkanes of at least 4 members (excludes halogenated alkanes) is 5. The lowest BCUT2D eigenvalue weighted by molar-refractivity contribution is -0.137. The summed E-state index contributed by atoms with van der Waals surface area (Å²) in [5.74, 6) is -0.438. The van der Waals surface area contributed by atoms with Crippen molar-refractivity contribution in [1.29, 1.82) is 0 Å². The second-order valence-electron chi connectivity index (χ2n) is 4.41. The molecule has 0 radical (unpaired) electrons. The number of ketones is 1. The molecule has 0 aromatic heterocycles. The second-order valence-corrected chi connectivity index (χ2v) is 4.41. The predicted molar refractivity (Wildman–Crippen MR) is 69.0 cm³/mol. The molecule has 98 valence electrons. The van der Waals surface area contributed by atoms with Gasteiger partial charge < -0.3 is 9.90 Å². The highest BCUT2D eigenvalue weighted by Gasteiger charge is 1.94. The van der Waals surface area contributed by atoms with E-state index in [0.717, 1.165) is 38.5 Å². The first-order chi connectivity index (χ1) is 8.13. The average Bonchev–Trinajstić information content (AvgIpc) is 2.25. The van der Waals surface area contributed by atoms with E-state index < -0.39 is 5.97 Å². The number of Topliss-reactive ketones (excluding diaryl/α,β-unsaturated/α-hetero) is 1. The Bertz CT molecular complexity index is 244. The molecule has 0 atom stereocenters. The quantitative estimate of drug-likeness (QED) is 0.442. The summed E-state index contributed by atoms with van der Waals surface area (Å²) in [4.78, 5) is 20.9. The molecule has 0 unspecified atom stereocenters. The summed E-state index contributed by atoms with van der Waals surface area (Å²) in [6.07, 6.45) is 12.3. The highest BCUT2D eigenvalue weighted by Crippen LogP contribution is 2.07. The molecule has 0 bridgehead atoms. The van der Waals surface area contributed by atoms with Gasteiger partial charge in [0.2, 0.25) is 0 Å². The number of allylic oxidation sites excluding steroid dienone is 2. The number of carboxylic acids is 1. The fourth-order valence-corrected chi connectivity index (χ4v) is 1.60. The normalized spacial score (nSPS) is 10.9. The summed E-state index contributed by atoms with van der Waals surface area (Å²) in [5, 5.41) is 8.43. The van der Waals surface area contributed by atoms with Gasteiger partial charge in [-0.2, -0.15) is 0 Å². The van der Waals surface area contributed by atoms with E-state index in [-0.39, 0.29) is 12.2 Å². The van der Waals surface area contributed by atoms with Gasteiger partial charge >= 0.3 is 5.97 Å². The largest absolute Gasteiger partial charge is 0.481 e. The smallest absolute Gasteiger partial charge is 0.303 e. The van der Waals surface area contributed by atoms with Gasteiger partial charge in [0, 0.05) is 12.8 Å². The molecule has 1 N–H and O–H groups in total. The zero-order valence-corrected chi connectivity index (χ0v) is 10.8. The number of carbonyl (C=O) groups excluding carboxylic acids is 1. The van der Waals surface area contributed by atoms with Crippen LogP contribution >= 0.6 is 0 Å². The van der Waals surface area contributed by atoms with Crippen molar-refractivity contribution in [2.75, 3.05) is 0 Å². The summed E-state index contributed by atoms with van der Waals surface area (Å²) >= 11 is 0.